The lowest BCUT2D eigenvalue weighted by Crippen LogP contribution is -1.99. The zero-order chi connectivity index (χ0) is 15.5. The zero-order valence-corrected chi connectivity index (χ0v) is 13.1. The van der Waals surface area contributed by atoms with Gasteiger partial charge in [-0.3, -0.25) is 4.79 Å². The van der Waals surface area contributed by atoms with Crippen molar-refractivity contribution in [3.63, 3.8) is 0 Å². The van der Waals surface area contributed by atoms with E-state index in [1.165, 1.54) is 0 Å². The summed E-state index contributed by atoms with van der Waals surface area (Å²) in [6, 6.07) is 13.3. The number of ketones is 1. The molecule has 0 spiro atoms. The Bertz CT molecular complexity index is 812. The minimum absolute atomic E-state index is 0.0597. The number of aromatic nitrogens is 1. The van der Waals surface area contributed by atoms with Gasteiger partial charge in [-0.05, 0) is 17.7 Å². The fourth-order valence-electron chi connectivity index (χ4n) is 2.27. The van der Waals surface area contributed by atoms with Crippen molar-refractivity contribution in [1.29, 1.82) is 0 Å². The largest absolute Gasteiger partial charge is 0.487 e. The summed E-state index contributed by atoms with van der Waals surface area (Å²) in [7, 11) is 0. The number of carbonyl (C=O) groups is 1. The Morgan fingerprint density at radius 1 is 1.18 bits per heavy atom. The van der Waals surface area contributed by atoms with E-state index in [-0.39, 0.29) is 11.7 Å². The Kier molecular flexibility index (Phi) is 4.36. The Labute approximate surface area is 137 Å². The molecule has 0 aliphatic rings. The van der Waals surface area contributed by atoms with E-state index in [9.17, 15) is 4.79 Å². The molecule has 0 saturated carbocycles. The van der Waals surface area contributed by atoms with E-state index in [2.05, 4.69) is 4.98 Å². The lowest BCUT2D eigenvalue weighted by molar-refractivity contribution is 0.102. The van der Waals surface area contributed by atoms with Crippen LogP contribution in [0.1, 0.15) is 15.9 Å². The first-order valence-corrected chi connectivity index (χ1v) is 7.67. The van der Waals surface area contributed by atoms with E-state index in [1.807, 2.05) is 30.3 Å². The average Bonchev–Trinajstić information content (AvgIpc) is 2.95. The minimum atomic E-state index is -0.135. The molecule has 3 nitrogen and oxygen atoms in total. The molecule has 0 atom stereocenters. The Balaban J connectivity index is 1.92. The molecule has 0 fully saturated rings. The standard InChI is InChI=1S/C17H13Cl2NO2/c18-8-16(21)13-9-20-15-7-14(19)17(6-12(13)15)22-10-11-4-2-1-3-5-11/h1-7,9,20H,8,10H2. The van der Waals surface area contributed by atoms with Gasteiger partial charge in [0, 0.05) is 22.7 Å². The average molecular weight is 334 g/mol. The van der Waals surface area contributed by atoms with Crippen LogP contribution in [-0.2, 0) is 6.61 Å². The number of hydrogen-bond donors (Lipinski definition) is 1. The van der Waals surface area contributed by atoms with Gasteiger partial charge in [-0.1, -0.05) is 41.9 Å². The van der Waals surface area contributed by atoms with Crippen LogP contribution in [0.5, 0.6) is 5.75 Å². The van der Waals surface area contributed by atoms with Gasteiger partial charge in [0.25, 0.3) is 0 Å². The van der Waals surface area contributed by atoms with E-state index < -0.39 is 0 Å². The fourth-order valence-corrected chi connectivity index (χ4v) is 2.63. The van der Waals surface area contributed by atoms with E-state index in [0.29, 0.717) is 22.9 Å². The molecule has 0 saturated heterocycles. The van der Waals surface area contributed by atoms with Crippen LogP contribution in [0.25, 0.3) is 10.9 Å². The number of ether oxygens (including phenoxy) is 1. The van der Waals surface area contributed by atoms with Crippen LogP contribution >= 0.6 is 23.2 Å². The molecule has 3 aromatic rings. The zero-order valence-electron chi connectivity index (χ0n) is 11.6. The SMILES string of the molecule is O=C(CCl)c1c[nH]c2cc(Cl)c(OCc3ccccc3)cc12. The highest BCUT2D eigenvalue weighted by Gasteiger charge is 2.14. The van der Waals surface area contributed by atoms with Gasteiger partial charge >= 0.3 is 0 Å². The van der Waals surface area contributed by atoms with Gasteiger partial charge in [0.05, 0.1) is 10.9 Å². The number of hydrogen-bond acceptors (Lipinski definition) is 2. The third kappa shape index (κ3) is 2.96. The number of rotatable bonds is 5. The molecular weight excluding hydrogens is 321 g/mol. The molecule has 1 heterocycles. The summed E-state index contributed by atoms with van der Waals surface area (Å²) in [4.78, 5) is 14.9. The van der Waals surface area contributed by atoms with Crippen molar-refractivity contribution in [2.45, 2.75) is 6.61 Å². The smallest absolute Gasteiger partial charge is 0.179 e. The molecular formula is C17H13Cl2NO2. The number of halogens is 2. The number of benzene rings is 2. The molecule has 1 N–H and O–H groups in total. The van der Waals surface area contributed by atoms with Crippen LogP contribution < -0.4 is 4.74 Å². The predicted octanol–water partition coefficient (Wildman–Crippen LogP) is 4.82. The number of nitrogens with one attached hydrogen (secondary N) is 1. The van der Waals surface area contributed by atoms with Crippen molar-refractivity contribution in [3.8, 4) is 5.75 Å². The van der Waals surface area contributed by atoms with Gasteiger partial charge in [0.1, 0.15) is 12.4 Å². The van der Waals surface area contributed by atoms with E-state index in [0.717, 1.165) is 16.5 Å². The Hall–Kier alpha value is -1.97. The number of fused-ring (bicyclic) bond motifs is 1. The van der Waals surface area contributed by atoms with Crippen molar-refractivity contribution in [1.82, 2.24) is 4.98 Å². The molecule has 0 amide bonds. The second-order valence-electron chi connectivity index (χ2n) is 4.86. The van der Waals surface area contributed by atoms with Gasteiger partial charge < -0.3 is 9.72 Å². The first-order chi connectivity index (χ1) is 10.7. The molecule has 0 unspecified atom stereocenters. The second kappa shape index (κ2) is 6.42. The maximum Gasteiger partial charge on any atom is 0.179 e. The van der Waals surface area contributed by atoms with Crippen LogP contribution in [-0.4, -0.2) is 16.6 Å². The van der Waals surface area contributed by atoms with Crippen molar-refractivity contribution < 1.29 is 9.53 Å². The third-order valence-corrected chi connectivity index (χ3v) is 3.93. The van der Waals surface area contributed by atoms with E-state index in [1.54, 1.807) is 18.3 Å². The maximum atomic E-state index is 11.8. The molecule has 0 bridgehead atoms. The molecule has 5 heteroatoms. The third-order valence-electron chi connectivity index (χ3n) is 3.39. The van der Waals surface area contributed by atoms with E-state index in [4.69, 9.17) is 27.9 Å². The van der Waals surface area contributed by atoms with Crippen LogP contribution in [0.4, 0.5) is 0 Å². The molecule has 1 aromatic heterocycles. The number of Topliss-reactive ketones (excluding diaryl/α,β-unsaturated/α-hetero) is 1. The van der Waals surface area contributed by atoms with Gasteiger partial charge in [0.2, 0.25) is 0 Å². The number of aromatic amines is 1. The summed E-state index contributed by atoms with van der Waals surface area (Å²) in [5.41, 5.74) is 2.38. The molecule has 0 radical (unpaired) electrons. The molecule has 22 heavy (non-hydrogen) atoms. The lowest BCUT2D eigenvalue weighted by Gasteiger charge is -2.09. The summed E-state index contributed by atoms with van der Waals surface area (Å²) in [6.07, 6.45) is 1.65. The minimum Gasteiger partial charge on any atom is -0.487 e. The van der Waals surface area contributed by atoms with Crippen molar-refractivity contribution in [2.75, 3.05) is 5.88 Å². The van der Waals surface area contributed by atoms with Gasteiger partial charge in [-0.15, -0.1) is 11.6 Å². The number of alkyl halides is 1. The highest BCUT2D eigenvalue weighted by Crippen LogP contribution is 2.32. The highest BCUT2D eigenvalue weighted by atomic mass is 35.5. The van der Waals surface area contributed by atoms with Gasteiger partial charge in [-0.2, -0.15) is 0 Å². The topological polar surface area (TPSA) is 42.1 Å². The number of H-pyrrole nitrogens is 1. The second-order valence-corrected chi connectivity index (χ2v) is 5.54. The quantitative estimate of drug-likeness (QED) is 0.537. The molecule has 112 valence electrons. The van der Waals surface area contributed by atoms with Crippen LogP contribution in [0, 0.1) is 0 Å². The summed E-state index contributed by atoms with van der Waals surface area (Å²) < 4.78 is 5.78. The summed E-state index contributed by atoms with van der Waals surface area (Å²) in [6.45, 7) is 0.412. The fraction of sp³-hybridized carbons (Fsp3) is 0.118. The Morgan fingerprint density at radius 2 is 1.95 bits per heavy atom. The monoisotopic (exact) mass is 333 g/mol. The van der Waals surface area contributed by atoms with Gasteiger partial charge in [0.15, 0.2) is 5.78 Å². The van der Waals surface area contributed by atoms with Crippen molar-refractivity contribution in [3.05, 3.63) is 64.8 Å². The molecule has 0 aliphatic heterocycles. The Morgan fingerprint density at radius 3 is 2.68 bits per heavy atom. The van der Waals surface area contributed by atoms with Crippen molar-refractivity contribution in [2.24, 2.45) is 0 Å². The summed E-state index contributed by atoms with van der Waals surface area (Å²) in [5.74, 6) is 0.348. The molecule has 3 rings (SSSR count). The first kappa shape index (κ1) is 14.9. The van der Waals surface area contributed by atoms with Crippen LogP contribution in [0.3, 0.4) is 0 Å². The highest BCUT2D eigenvalue weighted by molar-refractivity contribution is 6.34. The predicted molar refractivity (Wildman–Crippen MR) is 89.1 cm³/mol. The van der Waals surface area contributed by atoms with Gasteiger partial charge in [-0.25, -0.2) is 0 Å². The normalized spacial score (nSPS) is 10.8. The van der Waals surface area contributed by atoms with Crippen LogP contribution in [0.2, 0.25) is 5.02 Å². The first-order valence-electron chi connectivity index (χ1n) is 6.75. The van der Waals surface area contributed by atoms with Crippen LogP contribution in [0.15, 0.2) is 48.7 Å². The summed E-state index contributed by atoms with van der Waals surface area (Å²) >= 11 is 11.9. The number of carbonyl (C=O) groups excluding carboxylic acids is 1. The molecule has 0 aliphatic carbocycles. The lowest BCUT2D eigenvalue weighted by atomic mass is 10.1. The maximum absolute atomic E-state index is 11.8. The summed E-state index contributed by atoms with van der Waals surface area (Å²) in [5, 5.41) is 1.26. The van der Waals surface area contributed by atoms with Crippen molar-refractivity contribution >= 4 is 39.9 Å². The molecule has 2 aromatic carbocycles. The van der Waals surface area contributed by atoms with E-state index >= 15 is 0 Å².